The fourth-order valence-corrected chi connectivity index (χ4v) is 1.60. The maximum Gasteiger partial charge on any atom is 0.373 e. The van der Waals surface area contributed by atoms with Crippen LogP contribution >= 0.6 is 0 Å². The van der Waals surface area contributed by atoms with Crippen LogP contribution < -0.4 is 5.32 Å². The van der Waals surface area contributed by atoms with Crippen LogP contribution in [0.4, 0.5) is 0 Å². The van der Waals surface area contributed by atoms with Gasteiger partial charge < -0.3 is 19.0 Å². The van der Waals surface area contributed by atoms with Gasteiger partial charge >= 0.3 is 5.97 Å². The molecule has 2 heterocycles. The van der Waals surface area contributed by atoms with Gasteiger partial charge in [-0.3, -0.25) is 0 Å². The number of rotatable bonds is 6. The predicted octanol–water partition coefficient (Wildman–Crippen LogP) is 1.34. The molecule has 0 bridgehead atoms. The number of nitrogens with one attached hydrogen (secondary N) is 1. The Morgan fingerprint density at radius 2 is 2.37 bits per heavy atom. The van der Waals surface area contributed by atoms with Crippen LogP contribution in [0.15, 0.2) is 27.4 Å². The van der Waals surface area contributed by atoms with Gasteiger partial charge in [0.25, 0.3) is 0 Å². The van der Waals surface area contributed by atoms with Crippen molar-refractivity contribution in [2.45, 2.75) is 19.4 Å². The molecular weight excluding hydrogens is 250 g/mol. The van der Waals surface area contributed by atoms with Crippen LogP contribution in [0.1, 0.15) is 35.2 Å². The highest BCUT2D eigenvalue weighted by Crippen LogP contribution is 2.16. The first kappa shape index (κ1) is 13.3. The van der Waals surface area contributed by atoms with Gasteiger partial charge in [0, 0.05) is 13.0 Å². The Morgan fingerprint density at radius 3 is 3.05 bits per heavy atom. The van der Waals surface area contributed by atoms with E-state index in [1.54, 1.807) is 12.1 Å². The minimum Gasteiger partial charge on any atom is -0.463 e. The molecule has 0 saturated heterocycles. The SMILES string of the molecule is COC(=O)c1ccc(C(C)NCCc2ncno2)o1. The van der Waals surface area contributed by atoms with Crippen LogP contribution in [-0.4, -0.2) is 29.8 Å². The van der Waals surface area contributed by atoms with E-state index < -0.39 is 5.97 Å². The highest BCUT2D eigenvalue weighted by atomic mass is 16.5. The van der Waals surface area contributed by atoms with E-state index in [1.807, 2.05) is 6.92 Å². The Balaban J connectivity index is 1.84. The lowest BCUT2D eigenvalue weighted by Crippen LogP contribution is -2.21. The maximum absolute atomic E-state index is 11.3. The number of carbonyl (C=O) groups excluding carboxylic acids is 1. The Hall–Kier alpha value is -2.15. The molecule has 0 fully saturated rings. The van der Waals surface area contributed by atoms with Crippen LogP contribution in [0, 0.1) is 0 Å². The van der Waals surface area contributed by atoms with E-state index in [1.165, 1.54) is 13.4 Å². The number of hydrogen-bond acceptors (Lipinski definition) is 7. The summed E-state index contributed by atoms with van der Waals surface area (Å²) >= 11 is 0. The van der Waals surface area contributed by atoms with Gasteiger partial charge in [0.2, 0.25) is 11.7 Å². The van der Waals surface area contributed by atoms with Gasteiger partial charge in [-0.25, -0.2) is 4.79 Å². The van der Waals surface area contributed by atoms with Gasteiger partial charge in [0.15, 0.2) is 6.33 Å². The summed E-state index contributed by atoms with van der Waals surface area (Å²) in [7, 11) is 1.32. The lowest BCUT2D eigenvalue weighted by molar-refractivity contribution is 0.0562. The molecule has 2 aromatic rings. The summed E-state index contributed by atoms with van der Waals surface area (Å²) < 4.78 is 14.9. The lowest BCUT2D eigenvalue weighted by atomic mass is 10.2. The lowest BCUT2D eigenvalue weighted by Gasteiger charge is -2.09. The summed E-state index contributed by atoms with van der Waals surface area (Å²) in [6, 6.07) is 3.31. The number of aromatic nitrogens is 2. The maximum atomic E-state index is 11.3. The molecule has 0 amide bonds. The molecule has 7 heteroatoms. The van der Waals surface area contributed by atoms with Crippen molar-refractivity contribution in [1.29, 1.82) is 0 Å². The molecule has 0 saturated carbocycles. The Bertz CT molecular complexity index is 521. The minimum atomic E-state index is -0.482. The number of furan rings is 1. The number of hydrogen-bond donors (Lipinski definition) is 1. The molecule has 1 unspecified atom stereocenters. The average molecular weight is 265 g/mol. The molecule has 2 rings (SSSR count). The number of ether oxygens (including phenoxy) is 1. The van der Waals surface area contributed by atoms with E-state index in [2.05, 4.69) is 20.2 Å². The van der Waals surface area contributed by atoms with Crippen molar-refractivity contribution in [2.24, 2.45) is 0 Å². The molecule has 2 aromatic heterocycles. The first-order valence-corrected chi connectivity index (χ1v) is 5.87. The number of nitrogens with zero attached hydrogens (tertiary/aromatic N) is 2. The van der Waals surface area contributed by atoms with E-state index in [9.17, 15) is 4.79 Å². The number of carbonyl (C=O) groups is 1. The van der Waals surface area contributed by atoms with Gasteiger partial charge in [-0.1, -0.05) is 5.16 Å². The Morgan fingerprint density at radius 1 is 1.53 bits per heavy atom. The summed E-state index contributed by atoms with van der Waals surface area (Å²) in [5, 5.41) is 6.76. The molecular formula is C12H15N3O4. The third-order valence-electron chi connectivity index (χ3n) is 2.64. The van der Waals surface area contributed by atoms with Gasteiger partial charge in [0.05, 0.1) is 13.2 Å². The van der Waals surface area contributed by atoms with Crippen LogP contribution in [-0.2, 0) is 11.2 Å². The zero-order valence-electron chi connectivity index (χ0n) is 10.8. The van der Waals surface area contributed by atoms with Crippen LogP contribution in [0.2, 0.25) is 0 Å². The van der Waals surface area contributed by atoms with E-state index in [-0.39, 0.29) is 11.8 Å². The van der Waals surface area contributed by atoms with E-state index in [0.29, 0.717) is 24.6 Å². The fourth-order valence-electron chi connectivity index (χ4n) is 1.60. The van der Waals surface area contributed by atoms with Crippen molar-refractivity contribution in [3.05, 3.63) is 35.9 Å². The summed E-state index contributed by atoms with van der Waals surface area (Å²) in [5.41, 5.74) is 0. The fraction of sp³-hybridized carbons (Fsp3) is 0.417. The van der Waals surface area contributed by atoms with Crippen LogP contribution in [0.5, 0.6) is 0 Å². The number of methoxy groups -OCH3 is 1. The topological polar surface area (TPSA) is 90.4 Å². The zero-order valence-corrected chi connectivity index (χ0v) is 10.8. The van der Waals surface area contributed by atoms with Crippen LogP contribution in [0.25, 0.3) is 0 Å². The highest BCUT2D eigenvalue weighted by Gasteiger charge is 2.15. The molecule has 19 heavy (non-hydrogen) atoms. The van der Waals surface area contributed by atoms with Crippen molar-refractivity contribution in [3.63, 3.8) is 0 Å². The third-order valence-corrected chi connectivity index (χ3v) is 2.64. The van der Waals surface area contributed by atoms with E-state index in [4.69, 9.17) is 8.94 Å². The van der Waals surface area contributed by atoms with Crippen LogP contribution in [0.3, 0.4) is 0 Å². The van der Waals surface area contributed by atoms with Gasteiger partial charge in [-0.2, -0.15) is 4.98 Å². The third kappa shape index (κ3) is 3.41. The van der Waals surface area contributed by atoms with E-state index in [0.717, 1.165) is 0 Å². The molecule has 0 aromatic carbocycles. The van der Waals surface area contributed by atoms with E-state index >= 15 is 0 Å². The minimum absolute atomic E-state index is 0.0265. The van der Waals surface area contributed by atoms with Crippen molar-refractivity contribution in [3.8, 4) is 0 Å². The monoisotopic (exact) mass is 265 g/mol. The molecule has 0 aliphatic carbocycles. The summed E-state index contributed by atoms with van der Waals surface area (Å²) in [4.78, 5) is 15.2. The molecule has 7 nitrogen and oxygen atoms in total. The molecule has 102 valence electrons. The average Bonchev–Trinajstić information content (AvgIpc) is 3.08. The quantitative estimate of drug-likeness (QED) is 0.788. The Labute approximate surface area is 109 Å². The van der Waals surface area contributed by atoms with Crippen molar-refractivity contribution >= 4 is 5.97 Å². The second-order valence-corrected chi connectivity index (χ2v) is 3.95. The smallest absolute Gasteiger partial charge is 0.373 e. The van der Waals surface area contributed by atoms with Crippen molar-refractivity contribution in [1.82, 2.24) is 15.5 Å². The van der Waals surface area contributed by atoms with Crippen molar-refractivity contribution < 1.29 is 18.5 Å². The standard InChI is InChI=1S/C12H15N3O4/c1-8(13-6-5-11-14-7-15-19-11)9-3-4-10(18-9)12(16)17-2/h3-4,7-8,13H,5-6H2,1-2H3. The van der Waals surface area contributed by atoms with Gasteiger partial charge in [-0.15, -0.1) is 0 Å². The second-order valence-electron chi connectivity index (χ2n) is 3.95. The Kier molecular flexibility index (Phi) is 4.30. The molecule has 0 aliphatic rings. The predicted molar refractivity (Wildman–Crippen MR) is 64.5 cm³/mol. The molecule has 1 atom stereocenters. The summed E-state index contributed by atoms with van der Waals surface area (Å²) in [5.74, 6) is 0.965. The molecule has 0 spiro atoms. The summed E-state index contributed by atoms with van der Waals surface area (Å²) in [6.45, 7) is 2.60. The number of esters is 1. The highest BCUT2D eigenvalue weighted by molar-refractivity contribution is 5.86. The molecule has 1 N–H and O–H groups in total. The summed E-state index contributed by atoms with van der Waals surface area (Å²) in [6.07, 6.45) is 2.00. The largest absolute Gasteiger partial charge is 0.463 e. The van der Waals surface area contributed by atoms with Gasteiger partial charge in [0.1, 0.15) is 5.76 Å². The molecule has 0 aliphatic heterocycles. The van der Waals surface area contributed by atoms with Gasteiger partial charge in [-0.05, 0) is 19.1 Å². The molecule has 0 radical (unpaired) electrons. The second kappa shape index (κ2) is 6.14. The first-order chi connectivity index (χ1) is 9.20. The first-order valence-electron chi connectivity index (χ1n) is 5.87. The normalized spacial score (nSPS) is 12.3. The van der Waals surface area contributed by atoms with Crippen molar-refractivity contribution in [2.75, 3.05) is 13.7 Å². The zero-order chi connectivity index (χ0) is 13.7.